The molecule has 0 aliphatic heterocycles. The summed E-state index contributed by atoms with van der Waals surface area (Å²) in [4.78, 5) is 16.3. The van der Waals surface area contributed by atoms with Crippen LogP contribution in [0.5, 0.6) is 0 Å². The summed E-state index contributed by atoms with van der Waals surface area (Å²) in [6.45, 7) is 2.21. The van der Waals surface area contributed by atoms with E-state index < -0.39 is 0 Å². The van der Waals surface area contributed by atoms with E-state index >= 15 is 0 Å². The van der Waals surface area contributed by atoms with Gasteiger partial charge in [0.25, 0.3) is 0 Å². The fourth-order valence-corrected chi connectivity index (χ4v) is 2.96. The molecule has 0 saturated heterocycles. The predicted molar refractivity (Wildman–Crippen MR) is 78.7 cm³/mol. The molecule has 5 heteroatoms. The van der Waals surface area contributed by atoms with Gasteiger partial charge in [0.1, 0.15) is 5.82 Å². The van der Waals surface area contributed by atoms with E-state index in [0.717, 1.165) is 17.5 Å². The molecular formula is C15H15FN2OS. The number of carbonyl (C=O) groups excluding carboxylic acids is 1. The first-order chi connectivity index (χ1) is 9.67. The first-order valence-electron chi connectivity index (χ1n) is 6.46. The minimum absolute atomic E-state index is 0.190. The lowest BCUT2D eigenvalue weighted by Gasteiger charge is -2.00. The molecule has 104 valence electrons. The van der Waals surface area contributed by atoms with E-state index in [4.69, 9.17) is 6.42 Å². The van der Waals surface area contributed by atoms with E-state index in [9.17, 15) is 9.18 Å². The number of unbranched alkanes of at least 4 members (excludes halogenated alkanes) is 1. The summed E-state index contributed by atoms with van der Waals surface area (Å²) in [6, 6.07) is 4.81. The fourth-order valence-electron chi connectivity index (χ4n) is 1.90. The maximum atomic E-state index is 13.9. The highest BCUT2D eigenvalue weighted by atomic mass is 32.1. The Labute approximate surface area is 120 Å². The highest BCUT2D eigenvalue weighted by Gasteiger charge is 2.10. The highest BCUT2D eigenvalue weighted by molar-refractivity contribution is 7.16. The number of benzene rings is 1. The lowest BCUT2D eigenvalue weighted by molar-refractivity contribution is -0.118. The van der Waals surface area contributed by atoms with E-state index in [1.165, 1.54) is 17.4 Å². The third-order valence-corrected chi connectivity index (χ3v) is 3.91. The number of hydrogen-bond donors (Lipinski definition) is 0. The van der Waals surface area contributed by atoms with Gasteiger partial charge in [-0.05, 0) is 18.6 Å². The van der Waals surface area contributed by atoms with E-state index in [-0.39, 0.29) is 18.3 Å². The molecule has 0 spiro atoms. The van der Waals surface area contributed by atoms with Crippen molar-refractivity contribution in [3.05, 3.63) is 28.8 Å². The van der Waals surface area contributed by atoms with E-state index in [0.29, 0.717) is 16.7 Å². The van der Waals surface area contributed by atoms with Crippen LogP contribution in [0.15, 0.2) is 23.2 Å². The van der Waals surface area contributed by atoms with Gasteiger partial charge in [0.15, 0.2) is 4.80 Å². The normalized spacial score (nSPS) is 11.8. The molecule has 1 aromatic carbocycles. The van der Waals surface area contributed by atoms with Crippen molar-refractivity contribution < 1.29 is 9.18 Å². The van der Waals surface area contributed by atoms with Gasteiger partial charge >= 0.3 is 0 Å². The van der Waals surface area contributed by atoms with Crippen molar-refractivity contribution in [1.82, 2.24) is 4.57 Å². The third kappa shape index (κ3) is 2.97. The number of fused-ring (bicyclic) bond motifs is 1. The molecule has 2 aromatic rings. The van der Waals surface area contributed by atoms with Gasteiger partial charge in [-0.1, -0.05) is 36.7 Å². The van der Waals surface area contributed by atoms with Crippen LogP contribution in [0.25, 0.3) is 10.2 Å². The number of rotatable bonds is 4. The zero-order valence-corrected chi connectivity index (χ0v) is 12.0. The van der Waals surface area contributed by atoms with Crippen molar-refractivity contribution in [1.29, 1.82) is 0 Å². The average Bonchev–Trinajstić information content (AvgIpc) is 2.76. The van der Waals surface area contributed by atoms with Crippen molar-refractivity contribution >= 4 is 27.5 Å². The Morgan fingerprint density at radius 1 is 1.55 bits per heavy atom. The molecule has 0 aliphatic rings. The van der Waals surface area contributed by atoms with Crippen molar-refractivity contribution in [2.75, 3.05) is 0 Å². The van der Waals surface area contributed by atoms with Crippen LogP contribution in [0, 0.1) is 18.2 Å². The summed E-state index contributed by atoms with van der Waals surface area (Å²) in [5, 5.41) is 0. The number of carbonyl (C=O) groups is 1. The fraction of sp³-hybridized carbons (Fsp3) is 0.333. The number of terminal acetylenes is 1. The quantitative estimate of drug-likeness (QED) is 0.797. The van der Waals surface area contributed by atoms with E-state index in [1.54, 1.807) is 16.7 Å². The summed E-state index contributed by atoms with van der Waals surface area (Å²) in [7, 11) is 0. The van der Waals surface area contributed by atoms with Gasteiger partial charge in [-0.25, -0.2) is 4.39 Å². The second-order valence-corrected chi connectivity index (χ2v) is 5.38. The second-order valence-electron chi connectivity index (χ2n) is 4.37. The zero-order chi connectivity index (χ0) is 14.5. The maximum Gasteiger partial charge on any atom is 0.248 e. The molecule has 0 radical (unpaired) electrons. The number of para-hydroxylation sites is 1. The van der Waals surface area contributed by atoms with Crippen LogP contribution in [0.3, 0.4) is 0 Å². The standard InChI is InChI=1S/C15H15FN2OS/c1-3-5-9-13(19)17-15-18(10-4-2)14-11(16)7-6-8-12(14)20-15/h2,6-8H,3,5,9-10H2,1H3. The Morgan fingerprint density at radius 2 is 2.35 bits per heavy atom. The summed E-state index contributed by atoms with van der Waals surface area (Å²) in [5.74, 6) is 1.94. The maximum absolute atomic E-state index is 13.9. The SMILES string of the molecule is C#CCn1c(=NC(=O)CCCC)sc2cccc(F)c21. The van der Waals surface area contributed by atoms with Crippen LogP contribution >= 0.6 is 11.3 Å². The van der Waals surface area contributed by atoms with Gasteiger partial charge in [-0.3, -0.25) is 4.79 Å². The molecule has 20 heavy (non-hydrogen) atoms. The largest absolute Gasteiger partial charge is 0.302 e. The number of aromatic nitrogens is 1. The molecule has 1 heterocycles. The van der Waals surface area contributed by atoms with Crippen LogP contribution in [-0.4, -0.2) is 10.5 Å². The molecule has 2 rings (SSSR count). The lowest BCUT2D eigenvalue weighted by atomic mass is 10.2. The van der Waals surface area contributed by atoms with Crippen LogP contribution in [0.4, 0.5) is 4.39 Å². The molecule has 0 atom stereocenters. The van der Waals surface area contributed by atoms with Crippen LogP contribution < -0.4 is 4.80 Å². The number of hydrogen-bond acceptors (Lipinski definition) is 2. The minimum atomic E-state index is -0.351. The smallest absolute Gasteiger partial charge is 0.248 e. The lowest BCUT2D eigenvalue weighted by Crippen LogP contribution is -2.16. The van der Waals surface area contributed by atoms with Crippen molar-refractivity contribution in [3.8, 4) is 12.3 Å². The van der Waals surface area contributed by atoms with Gasteiger partial charge in [-0.15, -0.1) is 6.42 Å². The van der Waals surface area contributed by atoms with Crippen molar-refractivity contribution in [2.45, 2.75) is 32.7 Å². The Hall–Kier alpha value is -1.93. The Balaban J connectivity index is 2.56. The van der Waals surface area contributed by atoms with Gasteiger partial charge in [0.05, 0.1) is 16.8 Å². The molecule has 0 saturated carbocycles. The molecule has 3 nitrogen and oxygen atoms in total. The minimum Gasteiger partial charge on any atom is -0.302 e. The summed E-state index contributed by atoms with van der Waals surface area (Å²) in [6.07, 6.45) is 7.47. The highest BCUT2D eigenvalue weighted by Crippen LogP contribution is 2.20. The van der Waals surface area contributed by atoms with Crippen LogP contribution in [0.1, 0.15) is 26.2 Å². The molecule has 1 amide bonds. The summed E-state index contributed by atoms with van der Waals surface area (Å²) < 4.78 is 16.2. The topological polar surface area (TPSA) is 34.4 Å². The van der Waals surface area contributed by atoms with Gasteiger partial charge in [0, 0.05) is 6.42 Å². The molecule has 0 N–H and O–H groups in total. The first-order valence-corrected chi connectivity index (χ1v) is 7.28. The number of halogens is 1. The van der Waals surface area contributed by atoms with Crippen molar-refractivity contribution in [3.63, 3.8) is 0 Å². The Morgan fingerprint density at radius 3 is 3.05 bits per heavy atom. The summed E-state index contributed by atoms with van der Waals surface area (Å²) >= 11 is 1.28. The van der Waals surface area contributed by atoms with Crippen LogP contribution in [-0.2, 0) is 11.3 Å². The molecule has 0 aliphatic carbocycles. The van der Waals surface area contributed by atoms with E-state index in [1.807, 2.05) is 6.92 Å². The average molecular weight is 290 g/mol. The second kappa shape index (κ2) is 6.49. The number of thiazole rings is 1. The molecule has 0 bridgehead atoms. The summed E-state index contributed by atoms with van der Waals surface area (Å²) in [5.41, 5.74) is 0.414. The number of nitrogens with zero attached hydrogens (tertiary/aromatic N) is 2. The molecule has 0 fully saturated rings. The Bertz CT molecular complexity index is 736. The monoisotopic (exact) mass is 290 g/mol. The first kappa shape index (κ1) is 14.5. The Kier molecular flexibility index (Phi) is 4.70. The number of amides is 1. The van der Waals surface area contributed by atoms with E-state index in [2.05, 4.69) is 10.9 Å². The third-order valence-electron chi connectivity index (χ3n) is 2.87. The molecule has 0 unspecified atom stereocenters. The predicted octanol–water partition coefficient (Wildman–Crippen LogP) is 3.09. The van der Waals surface area contributed by atoms with Crippen molar-refractivity contribution in [2.24, 2.45) is 4.99 Å². The molecular weight excluding hydrogens is 275 g/mol. The van der Waals surface area contributed by atoms with Gasteiger partial charge in [0.2, 0.25) is 5.91 Å². The van der Waals surface area contributed by atoms with Gasteiger partial charge < -0.3 is 4.57 Å². The van der Waals surface area contributed by atoms with Crippen LogP contribution in [0.2, 0.25) is 0 Å². The van der Waals surface area contributed by atoms with Gasteiger partial charge in [-0.2, -0.15) is 4.99 Å². The zero-order valence-electron chi connectivity index (χ0n) is 11.2. The molecule has 1 aromatic heterocycles.